The van der Waals surface area contributed by atoms with Gasteiger partial charge in [-0.1, -0.05) is 0 Å². The summed E-state index contributed by atoms with van der Waals surface area (Å²) in [6.45, 7) is 0.589. The Balaban J connectivity index is 2.33. The SMILES string of the molecule is CSCCC(N)C(=O)NCC1CCC(C(=O)NC(CCSC)C(=O)O)CC1. The maximum Gasteiger partial charge on any atom is 0.326 e. The average molecular weight is 420 g/mol. The number of hydrogen-bond donors (Lipinski definition) is 4. The van der Waals surface area contributed by atoms with Gasteiger partial charge in [0.05, 0.1) is 6.04 Å². The number of carboxylic acid groups (broad SMARTS) is 1. The van der Waals surface area contributed by atoms with Crippen LogP contribution in [0.5, 0.6) is 0 Å². The quantitative estimate of drug-likeness (QED) is 0.376. The van der Waals surface area contributed by atoms with Crippen LogP contribution in [-0.4, -0.2) is 65.5 Å². The van der Waals surface area contributed by atoms with Gasteiger partial charge < -0.3 is 21.5 Å². The number of nitrogens with one attached hydrogen (secondary N) is 2. The van der Waals surface area contributed by atoms with Crippen LogP contribution in [0, 0.1) is 11.8 Å². The second-order valence-corrected chi connectivity index (χ2v) is 9.00. The lowest BCUT2D eigenvalue weighted by Crippen LogP contribution is -2.45. The predicted octanol–water partition coefficient (Wildman–Crippen LogP) is 1.31. The fourth-order valence-electron chi connectivity index (χ4n) is 3.16. The summed E-state index contributed by atoms with van der Waals surface area (Å²) in [5, 5.41) is 14.8. The summed E-state index contributed by atoms with van der Waals surface area (Å²) in [7, 11) is 0. The Morgan fingerprint density at radius 2 is 1.67 bits per heavy atom. The normalized spacial score (nSPS) is 21.9. The van der Waals surface area contributed by atoms with Gasteiger partial charge in [0.2, 0.25) is 11.8 Å². The fourth-order valence-corrected chi connectivity index (χ4v) is 4.12. The Morgan fingerprint density at radius 3 is 2.22 bits per heavy atom. The maximum atomic E-state index is 12.4. The summed E-state index contributed by atoms with van der Waals surface area (Å²) < 4.78 is 0. The van der Waals surface area contributed by atoms with Crippen LogP contribution in [-0.2, 0) is 14.4 Å². The van der Waals surface area contributed by atoms with E-state index in [0.717, 1.165) is 31.4 Å². The maximum absolute atomic E-state index is 12.4. The van der Waals surface area contributed by atoms with Crippen molar-refractivity contribution in [2.75, 3.05) is 30.6 Å². The van der Waals surface area contributed by atoms with Crippen molar-refractivity contribution in [3.8, 4) is 0 Å². The molecule has 2 unspecified atom stereocenters. The molecule has 0 aromatic rings. The average Bonchev–Trinajstić information content (AvgIpc) is 2.67. The number of carbonyl (C=O) groups is 3. The number of amides is 2. The third-order valence-electron chi connectivity index (χ3n) is 4.98. The van der Waals surface area contributed by atoms with Crippen molar-refractivity contribution in [1.82, 2.24) is 10.6 Å². The van der Waals surface area contributed by atoms with Gasteiger partial charge in [0, 0.05) is 12.5 Å². The highest BCUT2D eigenvalue weighted by molar-refractivity contribution is 7.98. The molecule has 1 fully saturated rings. The van der Waals surface area contributed by atoms with Crippen LogP contribution in [0.25, 0.3) is 0 Å². The van der Waals surface area contributed by atoms with Gasteiger partial charge in [0.15, 0.2) is 0 Å². The molecule has 9 heteroatoms. The summed E-state index contributed by atoms with van der Waals surface area (Å²) in [4.78, 5) is 35.6. The van der Waals surface area contributed by atoms with Crippen molar-refractivity contribution in [3.63, 3.8) is 0 Å². The van der Waals surface area contributed by atoms with Gasteiger partial charge in [-0.25, -0.2) is 4.79 Å². The van der Waals surface area contributed by atoms with Crippen molar-refractivity contribution >= 4 is 41.3 Å². The molecule has 0 aromatic carbocycles. The van der Waals surface area contributed by atoms with Crippen molar-refractivity contribution in [1.29, 1.82) is 0 Å². The second-order valence-electron chi connectivity index (χ2n) is 7.03. The monoisotopic (exact) mass is 419 g/mol. The molecule has 27 heavy (non-hydrogen) atoms. The van der Waals surface area contributed by atoms with Crippen molar-refractivity contribution < 1.29 is 19.5 Å². The van der Waals surface area contributed by atoms with Crippen LogP contribution >= 0.6 is 23.5 Å². The largest absolute Gasteiger partial charge is 0.480 e. The molecule has 0 aliphatic heterocycles. The molecule has 7 nitrogen and oxygen atoms in total. The molecular weight excluding hydrogens is 386 g/mol. The van der Waals surface area contributed by atoms with Crippen LogP contribution < -0.4 is 16.4 Å². The zero-order chi connectivity index (χ0) is 20.2. The van der Waals surface area contributed by atoms with Crippen molar-refractivity contribution in [3.05, 3.63) is 0 Å². The molecule has 156 valence electrons. The molecule has 0 aromatic heterocycles. The molecule has 0 heterocycles. The minimum Gasteiger partial charge on any atom is -0.480 e. The van der Waals surface area contributed by atoms with E-state index >= 15 is 0 Å². The molecule has 1 aliphatic rings. The number of hydrogen-bond acceptors (Lipinski definition) is 6. The van der Waals surface area contributed by atoms with Gasteiger partial charge in [-0.05, 0) is 68.5 Å². The number of rotatable bonds is 12. The molecule has 1 saturated carbocycles. The van der Waals surface area contributed by atoms with E-state index in [1.807, 2.05) is 12.5 Å². The van der Waals surface area contributed by atoms with Crippen LogP contribution in [0.4, 0.5) is 0 Å². The summed E-state index contributed by atoms with van der Waals surface area (Å²) in [5.41, 5.74) is 5.86. The van der Waals surface area contributed by atoms with E-state index in [1.54, 1.807) is 23.5 Å². The van der Waals surface area contributed by atoms with Crippen molar-refractivity contribution in [2.45, 2.75) is 50.6 Å². The van der Waals surface area contributed by atoms with E-state index in [0.29, 0.717) is 31.1 Å². The highest BCUT2D eigenvalue weighted by atomic mass is 32.2. The summed E-state index contributed by atoms with van der Waals surface area (Å²) in [6.07, 6.45) is 8.14. The third-order valence-corrected chi connectivity index (χ3v) is 6.27. The molecular formula is C18H33N3O4S2. The van der Waals surface area contributed by atoms with Gasteiger partial charge in [0.1, 0.15) is 6.04 Å². The molecule has 5 N–H and O–H groups in total. The van der Waals surface area contributed by atoms with Gasteiger partial charge in [-0.15, -0.1) is 0 Å². The van der Waals surface area contributed by atoms with Crippen LogP contribution in [0.3, 0.4) is 0 Å². The zero-order valence-electron chi connectivity index (χ0n) is 16.2. The zero-order valence-corrected chi connectivity index (χ0v) is 17.9. The number of aliphatic carboxylic acids is 1. The molecule has 2 amide bonds. The first-order chi connectivity index (χ1) is 12.9. The number of carbonyl (C=O) groups excluding carboxylic acids is 2. The first-order valence-electron chi connectivity index (χ1n) is 9.43. The third kappa shape index (κ3) is 9.21. The molecule has 0 bridgehead atoms. The van der Waals surface area contributed by atoms with E-state index in [1.165, 1.54) is 0 Å². The molecule has 2 atom stereocenters. The summed E-state index contributed by atoms with van der Waals surface area (Å²) in [5.74, 6) is 0.513. The number of carboxylic acids is 1. The Labute approximate surface area is 170 Å². The molecule has 1 aliphatic carbocycles. The highest BCUT2D eigenvalue weighted by Crippen LogP contribution is 2.28. The lowest BCUT2D eigenvalue weighted by Gasteiger charge is -2.29. The lowest BCUT2D eigenvalue weighted by molar-refractivity contribution is -0.142. The topological polar surface area (TPSA) is 122 Å². The minimum absolute atomic E-state index is 0.109. The highest BCUT2D eigenvalue weighted by Gasteiger charge is 2.29. The van der Waals surface area contributed by atoms with E-state index in [-0.39, 0.29) is 17.7 Å². The predicted molar refractivity (Wildman–Crippen MR) is 112 cm³/mol. The standard InChI is InChI=1S/C18H33N3O4S2/c1-26-9-7-14(19)17(23)20-11-12-3-5-13(6-4-12)16(22)21-15(18(24)25)8-10-27-2/h12-15H,3-11,19H2,1-2H3,(H,20,23)(H,21,22)(H,24,25). The Hall–Kier alpha value is -0.930. The van der Waals surface area contributed by atoms with Crippen molar-refractivity contribution in [2.24, 2.45) is 17.6 Å². The summed E-state index contributed by atoms with van der Waals surface area (Å²) >= 11 is 3.24. The number of nitrogens with two attached hydrogens (primary N) is 1. The molecule has 1 rings (SSSR count). The van der Waals surface area contributed by atoms with Gasteiger partial charge >= 0.3 is 5.97 Å². The van der Waals surface area contributed by atoms with Gasteiger partial charge in [-0.3, -0.25) is 9.59 Å². The summed E-state index contributed by atoms with van der Waals surface area (Å²) in [6, 6.07) is -1.28. The van der Waals surface area contributed by atoms with Gasteiger partial charge in [0.25, 0.3) is 0 Å². The van der Waals surface area contributed by atoms with Crippen LogP contribution in [0.1, 0.15) is 38.5 Å². The van der Waals surface area contributed by atoms with E-state index < -0.39 is 18.1 Å². The van der Waals surface area contributed by atoms with Gasteiger partial charge in [-0.2, -0.15) is 23.5 Å². The second kappa shape index (κ2) is 13.3. The van der Waals surface area contributed by atoms with E-state index in [2.05, 4.69) is 10.6 Å². The number of thioether (sulfide) groups is 2. The first kappa shape index (κ1) is 24.1. The van der Waals surface area contributed by atoms with Crippen LogP contribution in [0.15, 0.2) is 0 Å². The fraction of sp³-hybridized carbons (Fsp3) is 0.833. The van der Waals surface area contributed by atoms with E-state index in [4.69, 9.17) is 5.73 Å². The minimum atomic E-state index is -0.980. The Morgan fingerprint density at radius 1 is 1.07 bits per heavy atom. The van der Waals surface area contributed by atoms with Crippen LogP contribution in [0.2, 0.25) is 0 Å². The smallest absolute Gasteiger partial charge is 0.326 e. The first-order valence-corrected chi connectivity index (χ1v) is 12.2. The molecule has 0 radical (unpaired) electrons. The lowest BCUT2D eigenvalue weighted by atomic mass is 9.81. The van der Waals surface area contributed by atoms with E-state index in [9.17, 15) is 19.5 Å². The Bertz CT molecular complexity index is 485. The molecule has 0 spiro atoms. The molecule has 0 saturated heterocycles. The Kier molecular flexibility index (Phi) is 11.9.